The van der Waals surface area contributed by atoms with Gasteiger partial charge in [-0.15, -0.1) is 0 Å². The molecule has 0 atom stereocenters. The maximum absolute atomic E-state index is 11.2. The molecule has 0 aromatic heterocycles. The number of amides is 1. The molecule has 0 aliphatic carbocycles. The van der Waals surface area contributed by atoms with Crippen LogP contribution in [0.15, 0.2) is 53.5 Å². The first-order chi connectivity index (χ1) is 11.6. The molecule has 1 amide bonds. The van der Waals surface area contributed by atoms with Crippen LogP contribution in [0.1, 0.15) is 34.0 Å². The number of aliphatic imine (C=N–C) groups is 1. The van der Waals surface area contributed by atoms with Crippen molar-refractivity contribution in [2.75, 3.05) is 6.54 Å². The van der Waals surface area contributed by atoms with Gasteiger partial charge < -0.3 is 16.4 Å². The molecule has 0 aliphatic heterocycles. The Balaban J connectivity index is 2.04. The maximum Gasteiger partial charge on any atom is 0.248 e. The SMILES string of the molecule is CCNC(=NCc1cccc(C(N)=O)c1)NCc1ccccc1C. The minimum atomic E-state index is -0.426. The highest BCUT2D eigenvalue weighted by Crippen LogP contribution is 2.07. The van der Waals surface area contributed by atoms with Gasteiger partial charge in [0, 0.05) is 18.7 Å². The van der Waals surface area contributed by atoms with Crippen LogP contribution in [0.4, 0.5) is 0 Å². The number of hydrogen-bond donors (Lipinski definition) is 3. The third-order valence-electron chi connectivity index (χ3n) is 3.68. The van der Waals surface area contributed by atoms with Crippen molar-refractivity contribution in [2.45, 2.75) is 26.9 Å². The molecule has 0 radical (unpaired) electrons. The van der Waals surface area contributed by atoms with Crippen molar-refractivity contribution >= 4 is 11.9 Å². The Labute approximate surface area is 143 Å². The second-order valence-electron chi connectivity index (χ2n) is 5.54. The Kier molecular flexibility index (Phi) is 6.37. The van der Waals surface area contributed by atoms with Crippen LogP contribution in [-0.4, -0.2) is 18.4 Å². The zero-order chi connectivity index (χ0) is 17.4. The molecule has 2 aromatic carbocycles. The highest BCUT2D eigenvalue weighted by atomic mass is 16.1. The summed E-state index contributed by atoms with van der Waals surface area (Å²) in [5.41, 5.74) is 9.24. The molecule has 0 unspecified atom stereocenters. The third kappa shape index (κ3) is 5.12. The zero-order valence-corrected chi connectivity index (χ0v) is 14.2. The van der Waals surface area contributed by atoms with E-state index in [0.717, 1.165) is 18.1 Å². The highest BCUT2D eigenvalue weighted by molar-refractivity contribution is 5.92. The van der Waals surface area contributed by atoms with Gasteiger partial charge >= 0.3 is 0 Å². The quantitative estimate of drug-likeness (QED) is 0.564. The summed E-state index contributed by atoms with van der Waals surface area (Å²) in [6.45, 7) is 6.08. The summed E-state index contributed by atoms with van der Waals surface area (Å²) in [7, 11) is 0. The fourth-order valence-corrected chi connectivity index (χ4v) is 2.32. The number of carbonyl (C=O) groups excluding carboxylic acids is 1. The van der Waals surface area contributed by atoms with E-state index in [-0.39, 0.29) is 0 Å². The van der Waals surface area contributed by atoms with E-state index in [1.807, 2.05) is 31.2 Å². The van der Waals surface area contributed by atoms with Gasteiger partial charge in [-0.3, -0.25) is 4.79 Å². The minimum absolute atomic E-state index is 0.426. The molecule has 4 N–H and O–H groups in total. The number of benzene rings is 2. The molecule has 0 spiro atoms. The number of aryl methyl sites for hydroxylation is 1. The minimum Gasteiger partial charge on any atom is -0.366 e. The van der Waals surface area contributed by atoms with Crippen LogP contribution in [0.5, 0.6) is 0 Å². The lowest BCUT2D eigenvalue weighted by molar-refractivity contribution is 0.1000. The first-order valence-electron chi connectivity index (χ1n) is 8.05. The third-order valence-corrected chi connectivity index (χ3v) is 3.68. The van der Waals surface area contributed by atoms with Crippen LogP contribution in [0.3, 0.4) is 0 Å². The first-order valence-corrected chi connectivity index (χ1v) is 8.05. The van der Waals surface area contributed by atoms with Gasteiger partial charge in [-0.05, 0) is 42.7 Å². The second-order valence-corrected chi connectivity index (χ2v) is 5.54. The van der Waals surface area contributed by atoms with Crippen LogP contribution in [0.25, 0.3) is 0 Å². The topological polar surface area (TPSA) is 79.5 Å². The molecular formula is C19H24N4O. The van der Waals surface area contributed by atoms with Gasteiger partial charge in [-0.25, -0.2) is 4.99 Å². The normalized spacial score (nSPS) is 11.2. The van der Waals surface area contributed by atoms with Crippen LogP contribution in [-0.2, 0) is 13.1 Å². The fraction of sp³-hybridized carbons (Fsp3) is 0.263. The van der Waals surface area contributed by atoms with Crippen molar-refractivity contribution in [3.63, 3.8) is 0 Å². The van der Waals surface area contributed by atoms with E-state index < -0.39 is 5.91 Å². The molecule has 0 bridgehead atoms. The van der Waals surface area contributed by atoms with Gasteiger partial charge in [0.1, 0.15) is 0 Å². The average Bonchev–Trinajstić information content (AvgIpc) is 2.59. The number of carbonyl (C=O) groups is 1. The standard InChI is InChI=1S/C19H24N4O/c1-3-21-19(23-13-17-9-5-4-7-14(17)2)22-12-15-8-6-10-16(11-15)18(20)24/h4-11H,3,12-13H2,1-2H3,(H2,20,24)(H2,21,22,23). The lowest BCUT2D eigenvalue weighted by Gasteiger charge is -2.12. The molecule has 0 fully saturated rings. The van der Waals surface area contributed by atoms with E-state index >= 15 is 0 Å². The number of rotatable bonds is 6. The molecule has 2 rings (SSSR count). The van der Waals surface area contributed by atoms with E-state index in [0.29, 0.717) is 18.7 Å². The largest absolute Gasteiger partial charge is 0.366 e. The van der Waals surface area contributed by atoms with Crippen LogP contribution in [0, 0.1) is 6.92 Å². The maximum atomic E-state index is 11.2. The molecule has 5 heteroatoms. The van der Waals surface area contributed by atoms with Crippen molar-refractivity contribution in [3.8, 4) is 0 Å². The summed E-state index contributed by atoms with van der Waals surface area (Å²) in [6, 6.07) is 15.5. The Morgan fingerprint density at radius 2 is 1.92 bits per heavy atom. The van der Waals surface area contributed by atoms with Crippen molar-refractivity contribution in [1.29, 1.82) is 0 Å². The van der Waals surface area contributed by atoms with E-state index in [2.05, 4.69) is 34.7 Å². The highest BCUT2D eigenvalue weighted by Gasteiger charge is 2.03. The van der Waals surface area contributed by atoms with Crippen molar-refractivity contribution in [3.05, 3.63) is 70.8 Å². The number of nitrogens with zero attached hydrogens (tertiary/aromatic N) is 1. The molecule has 24 heavy (non-hydrogen) atoms. The fourth-order valence-electron chi connectivity index (χ4n) is 2.32. The zero-order valence-electron chi connectivity index (χ0n) is 14.2. The van der Waals surface area contributed by atoms with E-state index in [4.69, 9.17) is 5.73 Å². The molecule has 0 saturated heterocycles. The van der Waals surface area contributed by atoms with Crippen molar-refractivity contribution < 1.29 is 4.79 Å². The molecule has 0 heterocycles. The van der Waals surface area contributed by atoms with Gasteiger partial charge in [0.15, 0.2) is 5.96 Å². The summed E-state index contributed by atoms with van der Waals surface area (Å²) < 4.78 is 0. The first kappa shape index (κ1) is 17.5. The number of nitrogens with one attached hydrogen (secondary N) is 2. The lowest BCUT2D eigenvalue weighted by Crippen LogP contribution is -2.36. The van der Waals surface area contributed by atoms with Crippen molar-refractivity contribution in [2.24, 2.45) is 10.7 Å². The van der Waals surface area contributed by atoms with E-state index in [1.54, 1.807) is 12.1 Å². The number of primary amides is 1. The molecule has 2 aromatic rings. The molecule has 126 valence electrons. The van der Waals surface area contributed by atoms with E-state index in [9.17, 15) is 4.79 Å². The number of nitrogens with two attached hydrogens (primary N) is 1. The van der Waals surface area contributed by atoms with Gasteiger partial charge in [0.05, 0.1) is 6.54 Å². The number of guanidine groups is 1. The Morgan fingerprint density at radius 1 is 1.12 bits per heavy atom. The Bertz CT molecular complexity index is 725. The van der Waals surface area contributed by atoms with Crippen LogP contribution < -0.4 is 16.4 Å². The number of hydrogen-bond acceptors (Lipinski definition) is 2. The molecule has 0 aliphatic rings. The summed E-state index contributed by atoms with van der Waals surface area (Å²) in [5, 5.41) is 6.56. The summed E-state index contributed by atoms with van der Waals surface area (Å²) in [4.78, 5) is 15.8. The van der Waals surface area contributed by atoms with Gasteiger partial charge in [0.2, 0.25) is 5.91 Å². The van der Waals surface area contributed by atoms with Crippen molar-refractivity contribution in [1.82, 2.24) is 10.6 Å². The van der Waals surface area contributed by atoms with Gasteiger partial charge in [-0.1, -0.05) is 36.4 Å². The predicted molar refractivity (Wildman–Crippen MR) is 97.8 cm³/mol. The van der Waals surface area contributed by atoms with Gasteiger partial charge in [0.25, 0.3) is 0 Å². The molecule has 0 saturated carbocycles. The smallest absolute Gasteiger partial charge is 0.248 e. The summed E-state index contributed by atoms with van der Waals surface area (Å²) >= 11 is 0. The predicted octanol–water partition coefficient (Wildman–Crippen LogP) is 2.35. The van der Waals surface area contributed by atoms with Gasteiger partial charge in [-0.2, -0.15) is 0 Å². The lowest BCUT2D eigenvalue weighted by atomic mass is 10.1. The summed E-state index contributed by atoms with van der Waals surface area (Å²) in [5.74, 6) is 0.315. The van der Waals surface area contributed by atoms with Crippen LogP contribution in [0.2, 0.25) is 0 Å². The monoisotopic (exact) mass is 324 g/mol. The molecule has 5 nitrogen and oxygen atoms in total. The van der Waals surface area contributed by atoms with E-state index in [1.165, 1.54) is 11.1 Å². The second kappa shape index (κ2) is 8.72. The van der Waals surface area contributed by atoms with Crippen LogP contribution >= 0.6 is 0 Å². The Morgan fingerprint density at radius 3 is 2.62 bits per heavy atom. The molecular weight excluding hydrogens is 300 g/mol. The Hall–Kier alpha value is -2.82. The summed E-state index contributed by atoms with van der Waals surface area (Å²) in [6.07, 6.45) is 0. The average molecular weight is 324 g/mol.